The number of benzene rings is 1. The average molecular weight is 302 g/mol. The molecule has 0 saturated carbocycles. The summed E-state index contributed by atoms with van der Waals surface area (Å²) in [5.74, 6) is -1.57. The molecule has 1 rings (SSSR count). The Hall–Kier alpha value is -1.67. The number of hydrogen-bond donors (Lipinski definition) is 2. The summed E-state index contributed by atoms with van der Waals surface area (Å²) in [5.41, 5.74) is 6.12. The van der Waals surface area contributed by atoms with Crippen LogP contribution in [0, 0.1) is 0 Å². The van der Waals surface area contributed by atoms with Gasteiger partial charge < -0.3 is 10.5 Å². The minimum Gasteiger partial charge on any atom is -0.465 e. The van der Waals surface area contributed by atoms with E-state index in [-0.39, 0.29) is 17.3 Å². The first-order valence-corrected chi connectivity index (χ1v) is 7.46. The van der Waals surface area contributed by atoms with Crippen LogP contribution in [0.3, 0.4) is 0 Å². The van der Waals surface area contributed by atoms with E-state index >= 15 is 0 Å². The Bertz CT molecular complexity index is 584. The van der Waals surface area contributed by atoms with Gasteiger partial charge >= 0.3 is 5.97 Å². The summed E-state index contributed by atoms with van der Waals surface area (Å²) in [5, 5.41) is 0. The van der Waals surface area contributed by atoms with Gasteiger partial charge in [-0.1, -0.05) is 24.4 Å². The number of carbonyl (C=O) groups is 1. The van der Waals surface area contributed by atoms with Gasteiger partial charge in [0.05, 0.1) is 12.3 Å². The molecule has 1 aromatic rings. The zero-order chi connectivity index (χ0) is 14.5. The van der Waals surface area contributed by atoms with Crippen molar-refractivity contribution in [2.24, 2.45) is 5.73 Å². The second-order valence-electron chi connectivity index (χ2n) is 3.58. The van der Waals surface area contributed by atoms with Gasteiger partial charge in [-0.2, -0.15) is 0 Å². The number of rotatable bonds is 6. The van der Waals surface area contributed by atoms with Gasteiger partial charge in [0.25, 0.3) is 0 Å². The molecule has 104 valence electrons. The first-order valence-electron chi connectivity index (χ1n) is 5.40. The monoisotopic (exact) mass is 302 g/mol. The molecule has 0 fully saturated rings. The van der Waals surface area contributed by atoms with Crippen LogP contribution in [0.4, 0.5) is 5.69 Å². The summed E-state index contributed by atoms with van der Waals surface area (Å²) in [6, 6.07) is 6.41. The maximum absolute atomic E-state index is 11.8. The fourth-order valence-electron chi connectivity index (χ4n) is 1.35. The van der Waals surface area contributed by atoms with E-state index in [2.05, 4.69) is 9.46 Å². The fourth-order valence-corrected chi connectivity index (χ4v) is 2.51. The minimum atomic E-state index is -3.85. The molecular weight excluding hydrogens is 288 g/mol. The number of esters is 1. The molecule has 0 aromatic heterocycles. The van der Waals surface area contributed by atoms with Crippen molar-refractivity contribution in [3.05, 3.63) is 29.8 Å². The predicted octanol–water partition coefficient (Wildman–Crippen LogP) is 0.626. The van der Waals surface area contributed by atoms with E-state index in [9.17, 15) is 13.2 Å². The van der Waals surface area contributed by atoms with Crippen LogP contribution in [-0.2, 0) is 19.6 Å². The standard InChI is InChI=1S/C11H14N2O4S2/c1-2-17-10(14)7-19(15,16)13-9-6-4-3-5-8(9)11(12)18/h3-6,13H,2,7H2,1H3,(H2,12,18). The second-order valence-corrected chi connectivity index (χ2v) is 5.74. The normalized spacial score (nSPS) is 10.8. The Kier molecular flexibility index (Phi) is 5.25. The molecule has 0 amide bonds. The van der Waals surface area contributed by atoms with Gasteiger partial charge in [0.15, 0.2) is 5.75 Å². The summed E-state index contributed by atoms with van der Waals surface area (Å²) in [7, 11) is -3.85. The highest BCUT2D eigenvalue weighted by Gasteiger charge is 2.19. The fraction of sp³-hybridized carbons (Fsp3) is 0.273. The highest BCUT2D eigenvalue weighted by atomic mass is 32.2. The van der Waals surface area contributed by atoms with Crippen LogP contribution >= 0.6 is 12.2 Å². The van der Waals surface area contributed by atoms with E-state index in [1.165, 1.54) is 6.07 Å². The largest absolute Gasteiger partial charge is 0.465 e. The molecule has 8 heteroatoms. The van der Waals surface area contributed by atoms with Crippen LogP contribution in [0.1, 0.15) is 12.5 Å². The topological polar surface area (TPSA) is 98.5 Å². The predicted molar refractivity (Wildman–Crippen MR) is 76.4 cm³/mol. The summed E-state index contributed by atoms with van der Waals surface area (Å²) in [4.78, 5) is 11.2. The minimum absolute atomic E-state index is 0.0643. The van der Waals surface area contributed by atoms with Gasteiger partial charge in [-0.05, 0) is 19.1 Å². The van der Waals surface area contributed by atoms with E-state index in [0.717, 1.165) is 0 Å². The van der Waals surface area contributed by atoms with Crippen LogP contribution in [0.15, 0.2) is 24.3 Å². The molecule has 0 aliphatic rings. The Balaban J connectivity index is 2.90. The molecule has 1 aromatic carbocycles. The summed E-state index contributed by atoms with van der Waals surface area (Å²) >= 11 is 4.82. The molecule has 0 aliphatic heterocycles. The molecule has 0 unspecified atom stereocenters. The van der Waals surface area contributed by atoms with Crippen molar-refractivity contribution in [3.63, 3.8) is 0 Å². The quantitative estimate of drug-likeness (QED) is 0.590. The molecule has 0 saturated heterocycles. The number of sulfonamides is 1. The van der Waals surface area contributed by atoms with Gasteiger partial charge in [0.1, 0.15) is 4.99 Å². The van der Waals surface area contributed by atoms with E-state index in [1.807, 2.05) is 0 Å². The molecule has 6 nitrogen and oxygen atoms in total. The average Bonchev–Trinajstić information content (AvgIpc) is 2.28. The third kappa shape index (κ3) is 4.84. The van der Waals surface area contributed by atoms with Gasteiger partial charge in [0, 0.05) is 5.56 Å². The summed E-state index contributed by atoms with van der Waals surface area (Å²) in [6.45, 7) is 1.72. The van der Waals surface area contributed by atoms with Crippen LogP contribution in [0.2, 0.25) is 0 Å². The van der Waals surface area contributed by atoms with Crippen molar-refractivity contribution in [2.75, 3.05) is 17.1 Å². The molecule has 3 N–H and O–H groups in total. The van der Waals surface area contributed by atoms with Gasteiger partial charge in [-0.15, -0.1) is 0 Å². The van der Waals surface area contributed by atoms with Gasteiger partial charge in [-0.3, -0.25) is 9.52 Å². The van der Waals surface area contributed by atoms with Crippen molar-refractivity contribution in [2.45, 2.75) is 6.92 Å². The molecule has 0 radical (unpaired) electrons. The number of thiocarbonyl (C=S) groups is 1. The van der Waals surface area contributed by atoms with Crippen LogP contribution in [0.5, 0.6) is 0 Å². The highest BCUT2D eigenvalue weighted by molar-refractivity contribution is 7.93. The lowest BCUT2D eigenvalue weighted by Crippen LogP contribution is -2.25. The first kappa shape index (κ1) is 15.4. The van der Waals surface area contributed by atoms with Gasteiger partial charge in [-0.25, -0.2) is 8.42 Å². The highest BCUT2D eigenvalue weighted by Crippen LogP contribution is 2.16. The third-order valence-electron chi connectivity index (χ3n) is 2.07. The molecule has 0 heterocycles. The van der Waals surface area contributed by atoms with E-state index in [1.54, 1.807) is 25.1 Å². The van der Waals surface area contributed by atoms with Crippen molar-refractivity contribution in [1.82, 2.24) is 0 Å². The lowest BCUT2D eigenvalue weighted by atomic mass is 10.2. The van der Waals surface area contributed by atoms with Gasteiger partial charge in [0.2, 0.25) is 10.0 Å². The number of nitrogens with two attached hydrogens (primary N) is 1. The van der Waals surface area contributed by atoms with Crippen molar-refractivity contribution >= 4 is 38.9 Å². The number of carbonyl (C=O) groups excluding carboxylic acids is 1. The van der Waals surface area contributed by atoms with Crippen LogP contribution in [-0.4, -0.2) is 31.7 Å². The van der Waals surface area contributed by atoms with Crippen molar-refractivity contribution in [1.29, 1.82) is 0 Å². The Morgan fingerprint density at radius 2 is 2.05 bits per heavy atom. The molecule has 0 bridgehead atoms. The molecular formula is C11H14N2O4S2. The maximum atomic E-state index is 11.8. The van der Waals surface area contributed by atoms with Crippen LogP contribution < -0.4 is 10.5 Å². The van der Waals surface area contributed by atoms with E-state index < -0.39 is 21.7 Å². The molecule has 0 atom stereocenters. The number of para-hydroxylation sites is 1. The summed E-state index contributed by atoms with van der Waals surface area (Å²) in [6.07, 6.45) is 0. The Morgan fingerprint density at radius 3 is 2.63 bits per heavy atom. The first-order chi connectivity index (χ1) is 8.85. The molecule has 19 heavy (non-hydrogen) atoms. The third-order valence-corrected chi connectivity index (χ3v) is 3.44. The summed E-state index contributed by atoms with van der Waals surface area (Å²) < 4.78 is 30.4. The van der Waals surface area contributed by atoms with Crippen molar-refractivity contribution in [3.8, 4) is 0 Å². The number of ether oxygens (including phenoxy) is 1. The zero-order valence-corrected chi connectivity index (χ0v) is 11.9. The van der Waals surface area contributed by atoms with E-state index in [0.29, 0.717) is 5.56 Å². The lowest BCUT2D eigenvalue weighted by Gasteiger charge is -2.11. The van der Waals surface area contributed by atoms with E-state index in [4.69, 9.17) is 18.0 Å². The number of hydrogen-bond acceptors (Lipinski definition) is 5. The maximum Gasteiger partial charge on any atom is 0.323 e. The Labute approximate surface area is 117 Å². The molecule has 0 aliphatic carbocycles. The zero-order valence-electron chi connectivity index (χ0n) is 10.3. The SMILES string of the molecule is CCOC(=O)CS(=O)(=O)Nc1ccccc1C(N)=S. The lowest BCUT2D eigenvalue weighted by molar-refractivity contribution is -0.139. The molecule has 0 spiro atoms. The number of nitrogens with one attached hydrogen (secondary N) is 1. The number of anilines is 1. The smallest absolute Gasteiger partial charge is 0.323 e. The second kappa shape index (κ2) is 6.48. The Morgan fingerprint density at radius 1 is 1.42 bits per heavy atom. The van der Waals surface area contributed by atoms with Crippen LogP contribution in [0.25, 0.3) is 0 Å². The van der Waals surface area contributed by atoms with Crippen molar-refractivity contribution < 1.29 is 17.9 Å².